The van der Waals surface area contributed by atoms with Gasteiger partial charge in [0.05, 0.1) is 6.26 Å². The largest absolute Gasteiger partial charge is 0.464 e. The molecule has 1 aliphatic rings. The standard InChI is InChI=1S/C15H20N2O/c1-12-2-3-14-13(11-18-15(14)10-12)4-7-17-8-5-16-6-9-17/h2-3,10-11,16H,4-9H2,1H3. The van der Waals surface area contributed by atoms with E-state index in [1.54, 1.807) is 0 Å². The molecule has 0 atom stereocenters. The maximum absolute atomic E-state index is 5.64. The molecule has 0 bridgehead atoms. The predicted molar refractivity (Wildman–Crippen MR) is 74.0 cm³/mol. The third kappa shape index (κ3) is 2.42. The molecule has 1 aliphatic heterocycles. The number of piperazine rings is 1. The van der Waals surface area contributed by atoms with Crippen LogP contribution in [0.1, 0.15) is 11.1 Å². The van der Waals surface area contributed by atoms with Crippen molar-refractivity contribution >= 4 is 11.0 Å². The van der Waals surface area contributed by atoms with Crippen LogP contribution in [0.4, 0.5) is 0 Å². The second kappa shape index (κ2) is 5.12. The number of rotatable bonds is 3. The van der Waals surface area contributed by atoms with Gasteiger partial charge < -0.3 is 14.6 Å². The molecule has 1 fully saturated rings. The summed E-state index contributed by atoms with van der Waals surface area (Å²) in [7, 11) is 0. The molecule has 0 radical (unpaired) electrons. The third-order valence-corrected chi connectivity index (χ3v) is 3.72. The van der Waals surface area contributed by atoms with Crippen molar-refractivity contribution in [3.8, 4) is 0 Å². The fourth-order valence-electron chi connectivity index (χ4n) is 2.60. The van der Waals surface area contributed by atoms with Crippen LogP contribution in [0.2, 0.25) is 0 Å². The zero-order valence-corrected chi connectivity index (χ0v) is 10.9. The predicted octanol–water partition coefficient (Wildman–Crippen LogP) is 2.19. The van der Waals surface area contributed by atoms with Crippen LogP contribution < -0.4 is 5.32 Å². The molecule has 1 N–H and O–H groups in total. The van der Waals surface area contributed by atoms with Crippen molar-refractivity contribution in [3.05, 3.63) is 35.6 Å². The Kier molecular flexibility index (Phi) is 3.35. The van der Waals surface area contributed by atoms with E-state index >= 15 is 0 Å². The van der Waals surface area contributed by atoms with E-state index < -0.39 is 0 Å². The van der Waals surface area contributed by atoms with E-state index in [1.165, 1.54) is 16.5 Å². The van der Waals surface area contributed by atoms with Crippen molar-refractivity contribution in [1.82, 2.24) is 10.2 Å². The van der Waals surface area contributed by atoms with Gasteiger partial charge in [-0.05, 0) is 30.5 Å². The summed E-state index contributed by atoms with van der Waals surface area (Å²) in [6, 6.07) is 6.46. The zero-order valence-electron chi connectivity index (χ0n) is 10.9. The second-order valence-corrected chi connectivity index (χ2v) is 5.10. The summed E-state index contributed by atoms with van der Waals surface area (Å²) in [4.78, 5) is 2.52. The summed E-state index contributed by atoms with van der Waals surface area (Å²) < 4.78 is 5.64. The number of benzene rings is 1. The molecule has 1 aromatic carbocycles. The Labute approximate surface area is 108 Å². The van der Waals surface area contributed by atoms with Gasteiger partial charge in [0.2, 0.25) is 0 Å². The Morgan fingerprint density at radius 2 is 2.11 bits per heavy atom. The molecule has 0 aliphatic carbocycles. The molecule has 2 heterocycles. The van der Waals surface area contributed by atoms with Crippen molar-refractivity contribution in [1.29, 1.82) is 0 Å². The van der Waals surface area contributed by atoms with Crippen LogP contribution in [0, 0.1) is 6.92 Å². The van der Waals surface area contributed by atoms with Crippen LogP contribution in [-0.2, 0) is 6.42 Å². The molecule has 1 saturated heterocycles. The molecular weight excluding hydrogens is 224 g/mol. The average Bonchev–Trinajstić information content (AvgIpc) is 2.80. The topological polar surface area (TPSA) is 28.4 Å². The van der Waals surface area contributed by atoms with E-state index in [-0.39, 0.29) is 0 Å². The second-order valence-electron chi connectivity index (χ2n) is 5.10. The summed E-state index contributed by atoms with van der Waals surface area (Å²) in [6.45, 7) is 7.78. The number of hydrogen-bond donors (Lipinski definition) is 1. The van der Waals surface area contributed by atoms with Gasteiger partial charge in [0, 0.05) is 38.1 Å². The third-order valence-electron chi connectivity index (χ3n) is 3.72. The van der Waals surface area contributed by atoms with Crippen molar-refractivity contribution in [2.75, 3.05) is 32.7 Å². The lowest BCUT2D eigenvalue weighted by molar-refractivity contribution is 0.244. The summed E-state index contributed by atoms with van der Waals surface area (Å²) in [5, 5.41) is 4.66. The van der Waals surface area contributed by atoms with Gasteiger partial charge >= 0.3 is 0 Å². The number of hydrogen-bond acceptors (Lipinski definition) is 3. The molecule has 3 heteroatoms. The Morgan fingerprint density at radius 1 is 1.28 bits per heavy atom. The molecular formula is C15H20N2O. The van der Waals surface area contributed by atoms with Crippen LogP contribution in [0.25, 0.3) is 11.0 Å². The summed E-state index contributed by atoms with van der Waals surface area (Å²) in [5.41, 5.74) is 3.61. The van der Waals surface area contributed by atoms with Gasteiger partial charge in [0.25, 0.3) is 0 Å². The Hall–Kier alpha value is -1.32. The number of fused-ring (bicyclic) bond motifs is 1. The first-order valence-corrected chi connectivity index (χ1v) is 6.73. The monoisotopic (exact) mass is 244 g/mol. The molecule has 0 amide bonds. The fraction of sp³-hybridized carbons (Fsp3) is 0.467. The SMILES string of the molecule is Cc1ccc2c(CCN3CCNCC3)coc2c1. The number of nitrogens with one attached hydrogen (secondary N) is 1. The molecule has 96 valence electrons. The minimum absolute atomic E-state index is 1.02. The Balaban J connectivity index is 1.70. The fourth-order valence-corrected chi connectivity index (χ4v) is 2.60. The smallest absolute Gasteiger partial charge is 0.134 e. The molecule has 0 saturated carbocycles. The lowest BCUT2D eigenvalue weighted by Gasteiger charge is -2.26. The molecule has 3 rings (SSSR count). The lowest BCUT2D eigenvalue weighted by atomic mass is 10.1. The number of furan rings is 1. The van der Waals surface area contributed by atoms with Gasteiger partial charge in [-0.15, -0.1) is 0 Å². The van der Waals surface area contributed by atoms with Crippen LogP contribution in [0.3, 0.4) is 0 Å². The van der Waals surface area contributed by atoms with E-state index in [9.17, 15) is 0 Å². The molecule has 1 aromatic heterocycles. The number of aryl methyl sites for hydroxylation is 1. The molecule has 0 unspecified atom stereocenters. The van der Waals surface area contributed by atoms with E-state index in [1.807, 2.05) is 6.26 Å². The summed E-state index contributed by atoms with van der Waals surface area (Å²) in [5.74, 6) is 0. The van der Waals surface area contributed by atoms with Crippen molar-refractivity contribution < 1.29 is 4.42 Å². The van der Waals surface area contributed by atoms with Crippen molar-refractivity contribution in [3.63, 3.8) is 0 Å². The van der Waals surface area contributed by atoms with Gasteiger partial charge in [0.1, 0.15) is 5.58 Å². The quantitative estimate of drug-likeness (QED) is 0.897. The molecule has 18 heavy (non-hydrogen) atoms. The first kappa shape index (κ1) is 11.8. The highest BCUT2D eigenvalue weighted by Gasteiger charge is 2.11. The Bertz CT molecular complexity index is 526. The highest BCUT2D eigenvalue weighted by molar-refractivity contribution is 5.81. The first-order valence-electron chi connectivity index (χ1n) is 6.73. The van der Waals surface area contributed by atoms with Gasteiger partial charge in [-0.1, -0.05) is 12.1 Å². The van der Waals surface area contributed by atoms with E-state index in [2.05, 4.69) is 35.3 Å². The minimum atomic E-state index is 1.02. The van der Waals surface area contributed by atoms with Crippen LogP contribution in [0.5, 0.6) is 0 Å². The first-order chi connectivity index (χ1) is 8.83. The molecule has 3 nitrogen and oxygen atoms in total. The van der Waals surface area contributed by atoms with Gasteiger partial charge in [0.15, 0.2) is 0 Å². The van der Waals surface area contributed by atoms with Gasteiger partial charge in [-0.2, -0.15) is 0 Å². The highest BCUT2D eigenvalue weighted by Crippen LogP contribution is 2.22. The average molecular weight is 244 g/mol. The van der Waals surface area contributed by atoms with Crippen molar-refractivity contribution in [2.45, 2.75) is 13.3 Å². The summed E-state index contributed by atoms with van der Waals surface area (Å²) in [6.07, 6.45) is 3.00. The minimum Gasteiger partial charge on any atom is -0.464 e. The highest BCUT2D eigenvalue weighted by atomic mass is 16.3. The maximum atomic E-state index is 5.64. The summed E-state index contributed by atoms with van der Waals surface area (Å²) >= 11 is 0. The van der Waals surface area contributed by atoms with Gasteiger partial charge in [-0.3, -0.25) is 0 Å². The van der Waals surface area contributed by atoms with Crippen molar-refractivity contribution in [2.24, 2.45) is 0 Å². The van der Waals surface area contributed by atoms with Crippen LogP contribution in [-0.4, -0.2) is 37.6 Å². The molecule has 0 spiro atoms. The Morgan fingerprint density at radius 3 is 2.94 bits per heavy atom. The van der Waals surface area contributed by atoms with E-state index in [0.717, 1.165) is 44.7 Å². The molecule has 2 aromatic rings. The van der Waals surface area contributed by atoms with E-state index in [4.69, 9.17) is 4.42 Å². The number of nitrogens with zero attached hydrogens (tertiary/aromatic N) is 1. The zero-order chi connectivity index (χ0) is 12.4. The lowest BCUT2D eigenvalue weighted by Crippen LogP contribution is -2.44. The van der Waals surface area contributed by atoms with Gasteiger partial charge in [-0.25, -0.2) is 0 Å². The maximum Gasteiger partial charge on any atom is 0.134 e. The van der Waals surface area contributed by atoms with E-state index in [0.29, 0.717) is 0 Å². The normalized spacial score (nSPS) is 17.4. The van der Waals surface area contributed by atoms with Crippen LogP contribution >= 0.6 is 0 Å². The van der Waals surface area contributed by atoms with Crippen LogP contribution in [0.15, 0.2) is 28.9 Å².